The average molecular weight is 449 g/mol. The second-order valence-corrected chi connectivity index (χ2v) is 9.10. The van der Waals surface area contributed by atoms with E-state index in [0.717, 1.165) is 45.1 Å². The molecule has 0 fully saturated rings. The third-order valence-corrected chi connectivity index (χ3v) is 6.99. The molecule has 0 bridgehead atoms. The van der Waals surface area contributed by atoms with E-state index in [2.05, 4.69) is 33.9 Å². The third-order valence-electron chi connectivity index (χ3n) is 5.08. The summed E-state index contributed by atoms with van der Waals surface area (Å²) in [7, 11) is 1.66. The summed E-state index contributed by atoms with van der Waals surface area (Å²) in [5, 5.41) is 6.43. The maximum absolute atomic E-state index is 5.23. The number of hydrogen-bond acceptors (Lipinski definition) is 8. The number of thiophene rings is 1. The number of rotatable bonds is 6. The zero-order valence-electron chi connectivity index (χ0n) is 17.4. The third kappa shape index (κ3) is 3.75. The highest BCUT2D eigenvalue weighted by molar-refractivity contribution is 7.98. The van der Waals surface area contributed by atoms with Crippen LogP contribution in [-0.4, -0.2) is 36.7 Å². The molecule has 4 heterocycles. The van der Waals surface area contributed by atoms with Crippen LogP contribution in [-0.2, 0) is 12.2 Å². The Morgan fingerprint density at radius 2 is 1.94 bits per heavy atom. The summed E-state index contributed by atoms with van der Waals surface area (Å²) in [5.74, 6) is 2.14. The lowest BCUT2D eigenvalue weighted by atomic mass is 10.1. The van der Waals surface area contributed by atoms with Crippen molar-refractivity contribution in [1.82, 2.24) is 29.5 Å². The highest BCUT2D eigenvalue weighted by Gasteiger charge is 2.16. The maximum Gasteiger partial charge on any atom is 0.188 e. The number of thioether (sulfide) groups is 1. The van der Waals surface area contributed by atoms with E-state index in [9.17, 15) is 0 Å². The van der Waals surface area contributed by atoms with Crippen molar-refractivity contribution in [1.29, 1.82) is 0 Å². The number of hydrogen-bond donors (Lipinski definition) is 0. The van der Waals surface area contributed by atoms with Crippen LogP contribution in [0.5, 0.6) is 5.75 Å². The number of ether oxygens (including phenoxy) is 1. The van der Waals surface area contributed by atoms with E-state index in [1.165, 1.54) is 22.2 Å². The van der Waals surface area contributed by atoms with Gasteiger partial charge in [-0.3, -0.25) is 0 Å². The van der Waals surface area contributed by atoms with E-state index >= 15 is 0 Å². The highest BCUT2D eigenvalue weighted by Crippen LogP contribution is 2.32. The molecule has 7 nitrogen and oxygen atoms in total. The second-order valence-electron chi connectivity index (χ2n) is 6.95. The van der Waals surface area contributed by atoms with E-state index < -0.39 is 0 Å². The van der Waals surface area contributed by atoms with Crippen LogP contribution in [0.15, 0.2) is 48.0 Å². The lowest BCUT2D eigenvalue weighted by Crippen LogP contribution is -1.93. The molecule has 0 amide bonds. The number of aromatic nitrogens is 6. The topological polar surface area (TPSA) is 78.1 Å². The van der Waals surface area contributed by atoms with Gasteiger partial charge >= 0.3 is 0 Å². The zero-order valence-corrected chi connectivity index (χ0v) is 19.0. The minimum atomic E-state index is 0.583. The van der Waals surface area contributed by atoms with Crippen molar-refractivity contribution in [2.75, 3.05) is 7.11 Å². The van der Waals surface area contributed by atoms with Gasteiger partial charge in [0.05, 0.1) is 23.9 Å². The first kappa shape index (κ1) is 19.9. The molecule has 1 aromatic carbocycles. The number of methoxy groups -OCH3 is 1. The Labute approximate surface area is 187 Å². The molecule has 0 unspecified atom stereocenters. The Kier molecular flexibility index (Phi) is 5.29. The van der Waals surface area contributed by atoms with Crippen LogP contribution in [0.3, 0.4) is 0 Å². The normalized spacial score (nSPS) is 11.5. The van der Waals surface area contributed by atoms with E-state index in [-0.39, 0.29) is 0 Å². The number of nitrogens with zero attached hydrogens (tertiary/aromatic N) is 6. The molecule has 0 aliphatic rings. The fourth-order valence-corrected chi connectivity index (χ4v) is 5.31. The van der Waals surface area contributed by atoms with Crippen LogP contribution in [0.2, 0.25) is 0 Å². The molecule has 156 valence electrons. The molecule has 0 saturated carbocycles. The summed E-state index contributed by atoms with van der Waals surface area (Å²) in [6, 6.07) is 9.74. The van der Waals surface area contributed by atoms with Crippen LogP contribution >= 0.6 is 23.1 Å². The van der Waals surface area contributed by atoms with Crippen molar-refractivity contribution in [2.45, 2.75) is 31.2 Å². The lowest BCUT2D eigenvalue weighted by Gasteiger charge is -2.04. The molecule has 4 aromatic heterocycles. The summed E-state index contributed by atoms with van der Waals surface area (Å²) < 4.78 is 7.00. The number of aryl methyl sites for hydroxylation is 2. The van der Waals surface area contributed by atoms with Gasteiger partial charge in [0.1, 0.15) is 16.9 Å². The van der Waals surface area contributed by atoms with E-state index in [1.54, 1.807) is 35.5 Å². The van der Waals surface area contributed by atoms with Gasteiger partial charge in [-0.2, -0.15) is 0 Å². The molecule has 0 radical (unpaired) electrons. The predicted octanol–water partition coefficient (Wildman–Crippen LogP) is 4.97. The van der Waals surface area contributed by atoms with Crippen LogP contribution in [0.25, 0.3) is 27.1 Å². The summed E-state index contributed by atoms with van der Waals surface area (Å²) in [6.07, 6.45) is 4.48. The molecule has 5 aromatic rings. The molecule has 0 N–H and O–H groups in total. The van der Waals surface area contributed by atoms with Gasteiger partial charge < -0.3 is 4.74 Å². The average Bonchev–Trinajstić information content (AvgIpc) is 3.37. The molecular weight excluding hydrogens is 428 g/mol. The Bertz CT molecular complexity index is 1380. The minimum Gasteiger partial charge on any atom is -0.497 e. The molecule has 0 saturated heterocycles. The van der Waals surface area contributed by atoms with Gasteiger partial charge in [-0.25, -0.2) is 24.5 Å². The first-order valence-electron chi connectivity index (χ1n) is 9.88. The van der Waals surface area contributed by atoms with Crippen molar-refractivity contribution >= 4 is 39.0 Å². The van der Waals surface area contributed by atoms with E-state index in [4.69, 9.17) is 9.72 Å². The monoisotopic (exact) mass is 448 g/mol. The van der Waals surface area contributed by atoms with Gasteiger partial charge in [0.15, 0.2) is 16.6 Å². The van der Waals surface area contributed by atoms with Gasteiger partial charge in [-0.1, -0.05) is 18.7 Å². The second kappa shape index (κ2) is 8.24. The van der Waals surface area contributed by atoms with Crippen LogP contribution in [0.4, 0.5) is 0 Å². The van der Waals surface area contributed by atoms with Crippen LogP contribution in [0, 0.1) is 6.92 Å². The van der Waals surface area contributed by atoms with E-state index in [0.29, 0.717) is 10.9 Å². The van der Waals surface area contributed by atoms with Crippen LogP contribution < -0.4 is 4.74 Å². The quantitative estimate of drug-likeness (QED) is 0.268. The standard InChI is InChI=1S/C22H20N6OS2/c1-4-16-13(2)31-21-19(16)20-26-18(27-28(20)12-24-21)11-30-22-23-10-9-17(25-22)14-5-7-15(29-3)8-6-14/h5-10,12H,4,11H2,1-3H3. The Morgan fingerprint density at radius 1 is 1.10 bits per heavy atom. The fraction of sp³-hybridized carbons (Fsp3) is 0.227. The van der Waals surface area contributed by atoms with Gasteiger partial charge in [-0.05, 0) is 49.2 Å². The fourth-order valence-electron chi connectivity index (χ4n) is 3.56. The molecule has 31 heavy (non-hydrogen) atoms. The number of benzene rings is 1. The first-order valence-corrected chi connectivity index (χ1v) is 11.7. The largest absolute Gasteiger partial charge is 0.497 e. The summed E-state index contributed by atoms with van der Waals surface area (Å²) in [5.41, 5.74) is 4.06. The highest BCUT2D eigenvalue weighted by atomic mass is 32.2. The van der Waals surface area contributed by atoms with Gasteiger partial charge in [0.2, 0.25) is 0 Å². The molecule has 9 heteroatoms. The van der Waals surface area contributed by atoms with Gasteiger partial charge in [-0.15, -0.1) is 16.4 Å². The van der Waals surface area contributed by atoms with Gasteiger partial charge in [0, 0.05) is 16.6 Å². The van der Waals surface area contributed by atoms with Crippen molar-refractivity contribution in [3.63, 3.8) is 0 Å². The summed E-state index contributed by atoms with van der Waals surface area (Å²) >= 11 is 3.24. The summed E-state index contributed by atoms with van der Waals surface area (Å²) in [4.78, 5) is 20.8. The molecule has 0 aliphatic heterocycles. The first-order chi connectivity index (χ1) is 15.2. The number of fused-ring (bicyclic) bond motifs is 3. The molecule has 0 spiro atoms. The Balaban J connectivity index is 1.40. The molecular formula is C22H20N6OS2. The Hall–Kier alpha value is -3.04. The van der Waals surface area contributed by atoms with E-state index in [1.807, 2.05) is 30.3 Å². The predicted molar refractivity (Wildman–Crippen MR) is 124 cm³/mol. The molecule has 0 atom stereocenters. The van der Waals surface area contributed by atoms with Crippen molar-refractivity contribution in [3.05, 3.63) is 59.1 Å². The smallest absolute Gasteiger partial charge is 0.188 e. The lowest BCUT2D eigenvalue weighted by molar-refractivity contribution is 0.415. The minimum absolute atomic E-state index is 0.583. The Morgan fingerprint density at radius 3 is 2.71 bits per heavy atom. The zero-order chi connectivity index (χ0) is 21.4. The van der Waals surface area contributed by atoms with Crippen molar-refractivity contribution < 1.29 is 4.74 Å². The SMILES string of the molecule is CCc1c(C)sc2ncn3nc(CSc4nccc(-c5ccc(OC)cc5)n4)nc3c12. The van der Waals surface area contributed by atoms with Crippen LogP contribution in [0.1, 0.15) is 23.2 Å². The van der Waals surface area contributed by atoms with Crippen molar-refractivity contribution in [2.24, 2.45) is 0 Å². The maximum atomic E-state index is 5.23. The molecule has 5 rings (SSSR count). The van der Waals surface area contributed by atoms with Crippen molar-refractivity contribution in [3.8, 4) is 17.0 Å². The summed E-state index contributed by atoms with van der Waals surface area (Å²) in [6.45, 7) is 4.31. The molecule has 0 aliphatic carbocycles. The van der Waals surface area contributed by atoms with Gasteiger partial charge in [0.25, 0.3) is 0 Å².